The van der Waals surface area contributed by atoms with Crippen LogP contribution in [0.15, 0.2) is 127 Å². The zero-order valence-corrected chi connectivity index (χ0v) is 35.1. The number of anilines is 2. The number of esters is 1. The van der Waals surface area contributed by atoms with Gasteiger partial charge in [-0.1, -0.05) is 127 Å². The number of amides is 2. The van der Waals surface area contributed by atoms with E-state index in [1.807, 2.05) is 97.9 Å². The minimum atomic E-state index is -1.05. The zero-order chi connectivity index (χ0) is 42.7. The first kappa shape index (κ1) is 45.7. The van der Waals surface area contributed by atoms with Gasteiger partial charge in [-0.05, 0) is 78.8 Å². The summed E-state index contributed by atoms with van der Waals surface area (Å²) in [5.41, 5.74) is 6.05. The number of benzene rings is 5. The average molecular weight is 833 g/mol. The van der Waals surface area contributed by atoms with Crippen LogP contribution in [0.4, 0.5) is 11.4 Å². The van der Waals surface area contributed by atoms with Crippen molar-refractivity contribution in [3.63, 3.8) is 0 Å². The Bertz CT molecular complexity index is 2220. The fourth-order valence-corrected chi connectivity index (χ4v) is 7.15. The van der Waals surface area contributed by atoms with Crippen LogP contribution in [-0.2, 0) is 43.4 Å². The molecule has 0 aromatic heterocycles. The summed E-state index contributed by atoms with van der Waals surface area (Å²) in [7, 11) is 0. The van der Waals surface area contributed by atoms with Crippen molar-refractivity contribution in [2.75, 3.05) is 22.1 Å². The second-order valence-corrected chi connectivity index (χ2v) is 16.2. The lowest BCUT2D eigenvalue weighted by atomic mass is 9.99. The molecule has 12 heteroatoms. The van der Waals surface area contributed by atoms with Gasteiger partial charge in [-0.15, -0.1) is 0 Å². The van der Waals surface area contributed by atoms with Gasteiger partial charge in [-0.3, -0.25) is 19.2 Å². The van der Waals surface area contributed by atoms with Gasteiger partial charge in [-0.2, -0.15) is 0 Å². The number of hydrogen-bond acceptors (Lipinski definition) is 9. The minimum absolute atomic E-state index is 0.0276. The van der Waals surface area contributed by atoms with E-state index >= 15 is 0 Å². The molecule has 0 saturated carbocycles. The van der Waals surface area contributed by atoms with E-state index in [1.54, 1.807) is 31.2 Å². The van der Waals surface area contributed by atoms with Crippen LogP contribution in [0, 0.1) is 25.7 Å². The van der Waals surface area contributed by atoms with Gasteiger partial charge in [0.05, 0.1) is 23.0 Å². The van der Waals surface area contributed by atoms with Crippen LogP contribution in [0.5, 0.6) is 0 Å². The average Bonchev–Trinajstić information content (AvgIpc) is 3.22. The van der Waals surface area contributed by atoms with Crippen molar-refractivity contribution < 1.29 is 38.6 Å². The molecule has 59 heavy (non-hydrogen) atoms. The van der Waals surface area contributed by atoms with E-state index in [4.69, 9.17) is 9.84 Å². The van der Waals surface area contributed by atoms with Gasteiger partial charge in [0.1, 0.15) is 6.61 Å². The van der Waals surface area contributed by atoms with Gasteiger partial charge < -0.3 is 20.5 Å². The summed E-state index contributed by atoms with van der Waals surface area (Å²) in [4.78, 5) is 72.4. The van der Waals surface area contributed by atoms with Crippen LogP contribution in [0.25, 0.3) is 0 Å². The maximum Gasteiger partial charge on any atom is 0.338 e. The van der Waals surface area contributed by atoms with Crippen LogP contribution < -0.4 is 10.6 Å². The van der Waals surface area contributed by atoms with E-state index in [1.165, 1.54) is 26.0 Å². The number of carbonyl (C=O) groups is 6. The Morgan fingerprint density at radius 3 is 1.36 bits per heavy atom. The summed E-state index contributed by atoms with van der Waals surface area (Å²) in [6.07, 6.45) is 1.02. The van der Waals surface area contributed by atoms with Crippen LogP contribution in [0.2, 0.25) is 0 Å². The number of thioether (sulfide) groups is 2. The number of ether oxygens (including phenoxy) is 1. The maximum absolute atomic E-state index is 13.1. The van der Waals surface area contributed by atoms with Gasteiger partial charge in [0.2, 0.25) is 11.8 Å². The second kappa shape index (κ2) is 23.4. The van der Waals surface area contributed by atoms with E-state index in [0.717, 1.165) is 51.3 Å². The van der Waals surface area contributed by atoms with Crippen molar-refractivity contribution >= 4 is 68.9 Å². The first-order valence-corrected chi connectivity index (χ1v) is 20.9. The van der Waals surface area contributed by atoms with E-state index in [2.05, 4.69) is 10.6 Å². The number of aromatic carboxylic acids is 1. The molecule has 0 bridgehead atoms. The van der Waals surface area contributed by atoms with Crippen LogP contribution in [0.1, 0.15) is 62.4 Å². The highest BCUT2D eigenvalue weighted by Crippen LogP contribution is 2.24. The quantitative estimate of drug-likeness (QED) is 0.0820. The second-order valence-electron chi connectivity index (χ2n) is 13.8. The van der Waals surface area contributed by atoms with Gasteiger partial charge in [0.25, 0.3) is 0 Å². The molecule has 0 fully saturated rings. The molecular formula is C47H48N2O8S2. The Morgan fingerprint density at radius 1 is 0.559 bits per heavy atom. The molecule has 0 radical (unpaired) electrons. The van der Waals surface area contributed by atoms with Gasteiger partial charge >= 0.3 is 11.9 Å². The van der Waals surface area contributed by atoms with Crippen LogP contribution in [-0.4, -0.2) is 50.6 Å². The van der Waals surface area contributed by atoms with Gasteiger partial charge in [-0.25, -0.2) is 9.59 Å². The standard InChI is InChI=1S/C27H27NO4S.C20H21NO4S/c1-19-13-14-23(27(31)32-17-22-11-7-4-8-12-22)16-25(19)28-26(30)24(18-33-20(2)29)15-21-9-5-3-6-10-21;1-13-8-9-16(20(24)25)11-18(13)21-19(23)17(12-26-14(2)22)10-15-6-4-3-5-7-15/h3-14,16,24H,15,17-18H2,1-2H3,(H,28,30);3-9,11,17H,10,12H2,1-2H3,(H,21,23)(H,24,25). The molecule has 0 heterocycles. The molecule has 2 unspecified atom stereocenters. The van der Waals surface area contributed by atoms with Crippen molar-refractivity contribution in [3.05, 3.63) is 166 Å². The molecule has 3 N–H and O–H groups in total. The number of carbonyl (C=O) groups excluding carboxylic acids is 5. The molecule has 0 saturated heterocycles. The topological polar surface area (TPSA) is 156 Å². The van der Waals surface area contributed by atoms with E-state index in [0.29, 0.717) is 41.3 Å². The molecular weight excluding hydrogens is 785 g/mol. The highest BCUT2D eigenvalue weighted by Gasteiger charge is 2.23. The fraction of sp³-hybridized carbons (Fsp3) is 0.234. The normalized spacial score (nSPS) is 11.5. The first-order chi connectivity index (χ1) is 28.3. The lowest BCUT2D eigenvalue weighted by Crippen LogP contribution is -2.27. The summed E-state index contributed by atoms with van der Waals surface area (Å²) < 4.78 is 5.41. The predicted molar refractivity (Wildman–Crippen MR) is 236 cm³/mol. The number of hydrogen-bond donors (Lipinski definition) is 3. The zero-order valence-electron chi connectivity index (χ0n) is 33.4. The Morgan fingerprint density at radius 2 is 0.949 bits per heavy atom. The highest BCUT2D eigenvalue weighted by molar-refractivity contribution is 8.13. The molecule has 0 spiro atoms. The SMILES string of the molecule is CC(=O)SCC(Cc1ccccc1)C(=O)Nc1cc(C(=O)O)ccc1C.CC(=O)SCC(Cc1ccccc1)C(=O)Nc1cc(C(=O)OCc2ccccc2)ccc1C. The molecule has 10 nitrogen and oxygen atoms in total. The fourth-order valence-electron chi connectivity index (χ4n) is 5.74. The van der Waals surface area contributed by atoms with Crippen molar-refractivity contribution in [3.8, 4) is 0 Å². The first-order valence-electron chi connectivity index (χ1n) is 18.9. The Labute approximate surface area is 353 Å². The lowest BCUT2D eigenvalue weighted by Gasteiger charge is -2.18. The molecule has 5 rings (SSSR count). The summed E-state index contributed by atoms with van der Waals surface area (Å²) in [6.45, 7) is 6.82. The molecule has 5 aromatic rings. The van der Waals surface area contributed by atoms with Crippen molar-refractivity contribution in [2.24, 2.45) is 11.8 Å². The third kappa shape index (κ3) is 15.7. The molecule has 306 valence electrons. The highest BCUT2D eigenvalue weighted by atomic mass is 32.2. The Kier molecular flexibility index (Phi) is 18.2. The number of nitrogens with one attached hydrogen (secondary N) is 2. The number of carboxylic acid groups (broad SMARTS) is 1. The van der Waals surface area contributed by atoms with E-state index in [9.17, 15) is 28.8 Å². The third-order valence-electron chi connectivity index (χ3n) is 9.05. The Hall–Kier alpha value is -5.98. The number of aryl methyl sites for hydroxylation is 2. The summed E-state index contributed by atoms with van der Waals surface area (Å²) in [5, 5.41) is 14.8. The molecule has 2 amide bonds. The van der Waals surface area contributed by atoms with E-state index < -0.39 is 23.8 Å². The summed E-state index contributed by atoms with van der Waals surface area (Å²) in [6, 6.07) is 38.5. The smallest absolute Gasteiger partial charge is 0.338 e. The van der Waals surface area contributed by atoms with Crippen LogP contribution >= 0.6 is 23.5 Å². The molecule has 2 atom stereocenters. The number of carboxylic acids is 1. The van der Waals surface area contributed by atoms with Crippen molar-refractivity contribution in [1.29, 1.82) is 0 Å². The van der Waals surface area contributed by atoms with Crippen LogP contribution in [0.3, 0.4) is 0 Å². The molecule has 0 aliphatic carbocycles. The monoisotopic (exact) mass is 832 g/mol. The number of rotatable bonds is 16. The summed E-state index contributed by atoms with van der Waals surface area (Å²) in [5.74, 6) is -1.97. The molecule has 5 aromatic carbocycles. The van der Waals surface area contributed by atoms with Crippen molar-refractivity contribution in [1.82, 2.24) is 0 Å². The minimum Gasteiger partial charge on any atom is -0.478 e. The molecule has 0 aliphatic rings. The predicted octanol–water partition coefficient (Wildman–Crippen LogP) is 9.20. The lowest BCUT2D eigenvalue weighted by molar-refractivity contribution is -0.120. The van der Waals surface area contributed by atoms with Crippen molar-refractivity contribution in [2.45, 2.75) is 47.1 Å². The van der Waals surface area contributed by atoms with Gasteiger partial charge in [0, 0.05) is 36.7 Å². The third-order valence-corrected chi connectivity index (χ3v) is 11.0. The Balaban J connectivity index is 0.000000268. The maximum atomic E-state index is 13.1. The molecule has 0 aliphatic heterocycles. The largest absolute Gasteiger partial charge is 0.478 e. The van der Waals surface area contributed by atoms with Gasteiger partial charge in [0.15, 0.2) is 10.2 Å². The summed E-state index contributed by atoms with van der Waals surface area (Å²) >= 11 is 2.26. The van der Waals surface area contributed by atoms with E-state index in [-0.39, 0.29) is 34.2 Å².